The van der Waals surface area contributed by atoms with Crippen LogP contribution in [0.5, 0.6) is 0 Å². The fraction of sp³-hybridized carbons (Fsp3) is 0.455. The maximum atomic E-state index is 6.07. The second-order valence-electron chi connectivity index (χ2n) is 7.46. The highest BCUT2D eigenvalue weighted by Gasteiger charge is 2.27. The van der Waals surface area contributed by atoms with Gasteiger partial charge < -0.3 is 10.2 Å². The Hall–Kier alpha value is -1.55. The summed E-state index contributed by atoms with van der Waals surface area (Å²) in [4.78, 5) is 4.80. The Morgan fingerprint density at radius 2 is 1.62 bits per heavy atom. The molecule has 1 saturated heterocycles. The van der Waals surface area contributed by atoms with E-state index in [2.05, 4.69) is 72.5 Å². The van der Waals surface area contributed by atoms with Gasteiger partial charge in [0.1, 0.15) is 0 Å². The number of nitrogens with one attached hydrogen (secondary N) is 1. The number of rotatable bonds is 6. The zero-order chi connectivity index (χ0) is 18.5. The Morgan fingerprint density at radius 3 is 2.19 bits per heavy atom. The highest BCUT2D eigenvalue weighted by molar-refractivity contribution is 6.30. The van der Waals surface area contributed by atoms with Crippen molar-refractivity contribution >= 4 is 17.3 Å². The fourth-order valence-corrected chi connectivity index (χ4v) is 3.92. The lowest BCUT2D eigenvalue weighted by Gasteiger charge is -2.39. The van der Waals surface area contributed by atoms with Crippen LogP contribution in [0.15, 0.2) is 48.5 Å². The number of anilines is 1. The second kappa shape index (κ2) is 8.90. The van der Waals surface area contributed by atoms with E-state index in [1.807, 2.05) is 12.1 Å². The van der Waals surface area contributed by atoms with Gasteiger partial charge in [0.2, 0.25) is 0 Å². The van der Waals surface area contributed by atoms with Crippen LogP contribution in [0.2, 0.25) is 5.02 Å². The van der Waals surface area contributed by atoms with E-state index in [0.717, 1.165) is 37.6 Å². The summed E-state index contributed by atoms with van der Waals surface area (Å²) in [7, 11) is 4.17. The molecule has 2 aromatic rings. The van der Waals surface area contributed by atoms with Crippen LogP contribution in [0, 0.1) is 0 Å². The highest BCUT2D eigenvalue weighted by atomic mass is 35.5. The van der Waals surface area contributed by atoms with Crippen molar-refractivity contribution in [2.75, 3.05) is 45.2 Å². The minimum atomic E-state index is 0.472. The standard InChI is InChI=1S/C22H30ClN3/c1-17(19-6-10-21(11-7-19)25(2)3)22(26-14-12-24-13-15-26)16-18-4-8-20(23)9-5-18/h4-11,17,22,24H,12-16H2,1-3H3. The zero-order valence-corrected chi connectivity index (χ0v) is 16.8. The molecule has 0 radical (unpaired) electrons. The van der Waals surface area contributed by atoms with Crippen molar-refractivity contribution in [1.29, 1.82) is 0 Å². The van der Waals surface area contributed by atoms with Crippen LogP contribution >= 0.6 is 11.6 Å². The fourth-order valence-electron chi connectivity index (χ4n) is 3.80. The van der Waals surface area contributed by atoms with Gasteiger partial charge in [-0.3, -0.25) is 4.90 Å². The summed E-state index contributed by atoms with van der Waals surface area (Å²) in [6.07, 6.45) is 1.05. The zero-order valence-electron chi connectivity index (χ0n) is 16.1. The Kier molecular flexibility index (Phi) is 6.58. The van der Waals surface area contributed by atoms with Gasteiger partial charge >= 0.3 is 0 Å². The number of piperazine rings is 1. The van der Waals surface area contributed by atoms with Crippen LogP contribution in [0.25, 0.3) is 0 Å². The number of hydrogen-bond acceptors (Lipinski definition) is 3. The van der Waals surface area contributed by atoms with Gasteiger partial charge in [0, 0.05) is 57.0 Å². The number of nitrogens with zero attached hydrogens (tertiary/aromatic N) is 2. The second-order valence-corrected chi connectivity index (χ2v) is 7.89. The first-order valence-corrected chi connectivity index (χ1v) is 9.89. The Labute approximate surface area is 163 Å². The molecule has 1 aliphatic rings. The molecule has 1 fully saturated rings. The summed E-state index contributed by atoms with van der Waals surface area (Å²) >= 11 is 6.07. The average Bonchev–Trinajstić information content (AvgIpc) is 2.68. The molecule has 1 aliphatic heterocycles. The van der Waals surface area contributed by atoms with Crippen molar-refractivity contribution < 1.29 is 0 Å². The number of benzene rings is 2. The molecule has 0 spiro atoms. The first-order valence-electron chi connectivity index (χ1n) is 9.51. The quantitative estimate of drug-likeness (QED) is 0.827. The van der Waals surface area contributed by atoms with Crippen molar-refractivity contribution in [1.82, 2.24) is 10.2 Å². The Bertz CT molecular complexity index is 676. The summed E-state index contributed by atoms with van der Waals surface area (Å²) in [5, 5.41) is 4.28. The van der Waals surface area contributed by atoms with Crippen molar-refractivity contribution in [3.63, 3.8) is 0 Å². The first kappa shape index (κ1) is 19.2. The largest absolute Gasteiger partial charge is 0.378 e. The van der Waals surface area contributed by atoms with Gasteiger partial charge in [-0.25, -0.2) is 0 Å². The molecule has 1 heterocycles. The summed E-state index contributed by atoms with van der Waals surface area (Å²) in [6, 6.07) is 17.9. The molecule has 2 atom stereocenters. The summed E-state index contributed by atoms with van der Waals surface area (Å²) in [6.45, 7) is 6.73. The minimum absolute atomic E-state index is 0.472. The molecule has 2 aromatic carbocycles. The lowest BCUT2D eigenvalue weighted by atomic mass is 9.87. The van der Waals surface area contributed by atoms with Gasteiger partial charge in [0.05, 0.1) is 0 Å². The third kappa shape index (κ3) is 4.79. The molecule has 0 bridgehead atoms. The molecular formula is C22H30ClN3. The van der Waals surface area contributed by atoms with Crippen LogP contribution in [0.4, 0.5) is 5.69 Å². The van der Waals surface area contributed by atoms with Crippen molar-refractivity contribution in [2.45, 2.75) is 25.3 Å². The minimum Gasteiger partial charge on any atom is -0.378 e. The molecular weight excluding hydrogens is 342 g/mol. The molecule has 0 amide bonds. The summed E-state index contributed by atoms with van der Waals surface area (Å²) in [5.41, 5.74) is 4.01. The molecule has 26 heavy (non-hydrogen) atoms. The van der Waals surface area contributed by atoms with Gasteiger partial charge in [-0.15, -0.1) is 0 Å². The van der Waals surface area contributed by atoms with Gasteiger partial charge in [0.25, 0.3) is 0 Å². The Morgan fingerprint density at radius 1 is 1.00 bits per heavy atom. The van der Waals surface area contributed by atoms with Crippen LogP contribution in [0.1, 0.15) is 24.0 Å². The Balaban J connectivity index is 1.82. The van der Waals surface area contributed by atoms with Gasteiger partial charge in [-0.1, -0.05) is 42.8 Å². The van der Waals surface area contributed by atoms with Gasteiger partial charge in [0.15, 0.2) is 0 Å². The first-order chi connectivity index (χ1) is 12.5. The van der Waals surface area contributed by atoms with E-state index in [9.17, 15) is 0 Å². The van der Waals surface area contributed by atoms with Crippen molar-refractivity contribution in [3.8, 4) is 0 Å². The maximum Gasteiger partial charge on any atom is 0.0406 e. The molecule has 0 aliphatic carbocycles. The average molecular weight is 372 g/mol. The van der Waals surface area contributed by atoms with E-state index in [4.69, 9.17) is 11.6 Å². The summed E-state index contributed by atoms with van der Waals surface area (Å²) < 4.78 is 0. The molecule has 2 unspecified atom stereocenters. The van der Waals surface area contributed by atoms with E-state index in [0.29, 0.717) is 12.0 Å². The highest BCUT2D eigenvalue weighted by Crippen LogP contribution is 2.28. The monoisotopic (exact) mass is 371 g/mol. The molecule has 3 rings (SSSR count). The molecule has 0 aromatic heterocycles. The topological polar surface area (TPSA) is 18.5 Å². The van der Waals surface area contributed by atoms with E-state index < -0.39 is 0 Å². The number of halogens is 1. The van der Waals surface area contributed by atoms with Crippen LogP contribution in [0.3, 0.4) is 0 Å². The van der Waals surface area contributed by atoms with Gasteiger partial charge in [-0.2, -0.15) is 0 Å². The van der Waals surface area contributed by atoms with Crippen molar-refractivity contribution in [3.05, 3.63) is 64.7 Å². The molecule has 3 nitrogen and oxygen atoms in total. The predicted molar refractivity (Wildman–Crippen MR) is 113 cm³/mol. The van der Waals surface area contributed by atoms with Crippen LogP contribution in [-0.2, 0) is 6.42 Å². The van der Waals surface area contributed by atoms with E-state index >= 15 is 0 Å². The van der Waals surface area contributed by atoms with Crippen LogP contribution in [-0.4, -0.2) is 51.2 Å². The van der Waals surface area contributed by atoms with Crippen LogP contribution < -0.4 is 10.2 Å². The maximum absolute atomic E-state index is 6.07. The lowest BCUT2D eigenvalue weighted by Crippen LogP contribution is -2.50. The van der Waals surface area contributed by atoms with E-state index in [1.54, 1.807) is 0 Å². The molecule has 0 saturated carbocycles. The summed E-state index contributed by atoms with van der Waals surface area (Å²) in [5.74, 6) is 0.472. The molecule has 140 valence electrons. The lowest BCUT2D eigenvalue weighted by molar-refractivity contribution is 0.153. The van der Waals surface area contributed by atoms with E-state index in [-0.39, 0.29) is 0 Å². The predicted octanol–water partition coefficient (Wildman–Crippen LogP) is 4.03. The molecule has 1 N–H and O–H groups in total. The number of hydrogen-bond donors (Lipinski definition) is 1. The molecule has 4 heteroatoms. The smallest absolute Gasteiger partial charge is 0.0406 e. The van der Waals surface area contributed by atoms with E-state index in [1.165, 1.54) is 16.8 Å². The SMILES string of the molecule is CC(c1ccc(N(C)C)cc1)C(Cc1ccc(Cl)cc1)N1CCNCC1. The third-order valence-corrected chi connectivity index (χ3v) is 5.74. The normalized spacial score (nSPS) is 17.7. The van der Waals surface area contributed by atoms with Crippen molar-refractivity contribution in [2.24, 2.45) is 0 Å². The third-order valence-electron chi connectivity index (χ3n) is 5.49. The van der Waals surface area contributed by atoms with Gasteiger partial charge in [-0.05, 0) is 47.7 Å².